The third-order valence-electron chi connectivity index (χ3n) is 1.93. The van der Waals surface area contributed by atoms with Crippen LogP contribution in [0.3, 0.4) is 0 Å². The Morgan fingerprint density at radius 1 is 1.67 bits per heavy atom. The van der Waals surface area contributed by atoms with Crippen LogP contribution < -0.4 is 5.32 Å². The largest absolute Gasteiger partial charge is 0.480 e. The van der Waals surface area contributed by atoms with Gasteiger partial charge in [0.05, 0.1) is 6.33 Å². The molecule has 0 radical (unpaired) electrons. The third kappa shape index (κ3) is 3.41. The molecule has 15 heavy (non-hydrogen) atoms. The molecule has 3 N–H and O–H groups in total. The zero-order valence-corrected chi connectivity index (χ0v) is 8.36. The van der Waals surface area contributed by atoms with Gasteiger partial charge in [-0.05, 0) is 0 Å². The molecule has 0 aliphatic heterocycles. The molecule has 0 aliphatic carbocycles. The second-order valence-electron chi connectivity index (χ2n) is 3.09. The van der Waals surface area contributed by atoms with Crippen molar-refractivity contribution in [1.82, 2.24) is 15.3 Å². The molecule has 0 aliphatic rings. The molecular weight excluding hydrogens is 198 g/mol. The van der Waals surface area contributed by atoms with Crippen molar-refractivity contribution in [2.45, 2.75) is 25.8 Å². The average molecular weight is 211 g/mol. The van der Waals surface area contributed by atoms with Crippen molar-refractivity contribution in [3.8, 4) is 0 Å². The van der Waals surface area contributed by atoms with Crippen LogP contribution in [0.5, 0.6) is 0 Å². The summed E-state index contributed by atoms with van der Waals surface area (Å²) in [6.45, 7) is 1.67. The summed E-state index contributed by atoms with van der Waals surface area (Å²) >= 11 is 0. The van der Waals surface area contributed by atoms with Gasteiger partial charge in [0.25, 0.3) is 0 Å². The number of aromatic amines is 1. The SMILES string of the molecule is CCC(=O)N[C@@H](Cc1cnc[nH]1)C(=O)O. The fraction of sp³-hybridized carbons (Fsp3) is 0.444. The Bertz CT molecular complexity index is 334. The third-order valence-corrected chi connectivity index (χ3v) is 1.93. The maximum Gasteiger partial charge on any atom is 0.326 e. The van der Waals surface area contributed by atoms with Crippen molar-refractivity contribution in [3.63, 3.8) is 0 Å². The number of carboxylic acids is 1. The van der Waals surface area contributed by atoms with Crippen molar-refractivity contribution >= 4 is 11.9 Å². The van der Waals surface area contributed by atoms with Crippen LogP contribution in [0.1, 0.15) is 19.0 Å². The van der Waals surface area contributed by atoms with Crippen molar-refractivity contribution in [2.75, 3.05) is 0 Å². The first kappa shape index (κ1) is 11.2. The van der Waals surface area contributed by atoms with Gasteiger partial charge in [-0.2, -0.15) is 0 Å². The van der Waals surface area contributed by atoms with Crippen molar-refractivity contribution in [1.29, 1.82) is 0 Å². The molecule has 0 spiro atoms. The first-order chi connectivity index (χ1) is 7.13. The summed E-state index contributed by atoms with van der Waals surface area (Å²) in [5.41, 5.74) is 0.679. The Hall–Kier alpha value is -1.85. The highest BCUT2D eigenvalue weighted by Crippen LogP contribution is 1.99. The highest BCUT2D eigenvalue weighted by Gasteiger charge is 2.19. The Kier molecular flexibility index (Phi) is 3.84. The lowest BCUT2D eigenvalue weighted by Gasteiger charge is -2.12. The van der Waals surface area contributed by atoms with Gasteiger partial charge in [0.1, 0.15) is 6.04 Å². The summed E-state index contributed by atoms with van der Waals surface area (Å²) in [6, 6.07) is -0.905. The zero-order valence-electron chi connectivity index (χ0n) is 8.36. The first-order valence-corrected chi connectivity index (χ1v) is 4.63. The molecule has 1 rings (SSSR count). The van der Waals surface area contributed by atoms with E-state index in [2.05, 4.69) is 15.3 Å². The predicted octanol–water partition coefficient (Wildman–Crippen LogP) is -0.0684. The highest BCUT2D eigenvalue weighted by molar-refractivity contribution is 5.83. The Morgan fingerprint density at radius 3 is 2.87 bits per heavy atom. The van der Waals surface area contributed by atoms with E-state index in [9.17, 15) is 9.59 Å². The molecule has 1 atom stereocenters. The lowest BCUT2D eigenvalue weighted by atomic mass is 10.1. The van der Waals surface area contributed by atoms with Gasteiger partial charge in [-0.25, -0.2) is 9.78 Å². The number of nitrogens with zero attached hydrogens (tertiary/aromatic N) is 1. The van der Waals surface area contributed by atoms with Gasteiger partial charge in [-0.1, -0.05) is 6.92 Å². The molecule has 6 nitrogen and oxygen atoms in total. The first-order valence-electron chi connectivity index (χ1n) is 4.63. The number of aromatic nitrogens is 2. The number of hydrogen-bond donors (Lipinski definition) is 3. The number of carboxylic acid groups (broad SMARTS) is 1. The quantitative estimate of drug-likeness (QED) is 0.635. The molecule has 0 saturated heterocycles. The Balaban J connectivity index is 2.59. The molecule has 1 aromatic rings. The van der Waals surface area contributed by atoms with Crippen LogP contribution in [0.2, 0.25) is 0 Å². The van der Waals surface area contributed by atoms with Crippen LogP contribution in [-0.4, -0.2) is 33.0 Å². The van der Waals surface area contributed by atoms with Gasteiger partial charge in [0.2, 0.25) is 5.91 Å². The molecular formula is C9H13N3O3. The van der Waals surface area contributed by atoms with Crippen LogP contribution in [0.4, 0.5) is 0 Å². The maximum absolute atomic E-state index is 11.1. The number of aliphatic carboxylic acids is 1. The fourth-order valence-electron chi connectivity index (χ4n) is 1.11. The number of imidazole rings is 1. The minimum atomic E-state index is -1.05. The normalized spacial score (nSPS) is 12.1. The van der Waals surface area contributed by atoms with Gasteiger partial charge in [-0.15, -0.1) is 0 Å². The van der Waals surface area contributed by atoms with Crippen LogP contribution in [0.15, 0.2) is 12.5 Å². The van der Waals surface area contributed by atoms with Crippen LogP contribution in [0.25, 0.3) is 0 Å². The van der Waals surface area contributed by atoms with Gasteiger partial charge in [-0.3, -0.25) is 4.79 Å². The molecule has 1 heterocycles. The second-order valence-corrected chi connectivity index (χ2v) is 3.09. The minimum Gasteiger partial charge on any atom is -0.480 e. The smallest absolute Gasteiger partial charge is 0.326 e. The number of rotatable bonds is 5. The van der Waals surface area contributed by atoms with E-state index in [-0.39, 0.29) is 18.7 Å². The van der Waals surface area contributed by atoms with E-state index in [1.165, 1.54) is 12.5 Å². The average Bonchev–Trinajstić information content (AvgIpc) is 2.69. The standard InChI is InChI=1S/C9H13N3O3/c1-2-8(13)12-7(9(14)15)3-6-4-10-5-11-6/h4-5,7H,2-3H2,1H3,(H,10,11)(H,12,13)(H,14,15)/t7-/m0/s1. The van der Waals surface area contributed by atoms with Crippen LogP contribution in [-0.2, 0) is 16.0 Å². The highest BCUT2D eigenvalue weighted by atomic mass is 16.4. The van der Waals surface area contributed by atoms with E-state index < -0.39 is 12.0 Å². The number of carbonyl (C=O) groups excluding carboxylic acids is 1. The molecule has 0 aromatic carbocycles. The molecule has 0 bridgehead atoms. The number of nitrogens with one attached hydrogen (secondary N) is 2. The van der Waals surface area contributed by atoms with Crippen LogP contribution in [0, 0.1) is 0 Å². The molecule has 0 unspecified atom stereocenters. The molecule has 1 amide bonds. The van der Waals surface area contributed by atoms with E-state index in [0.29, 0.717) is 5.69 Å². The lowest BCUT2D eigenvalue weighted by Crippen LogP contribution is -2.42. The van der Waals surface area contributed by atoms with Gasteiger partial charge in [0.15, 0.2) is 0 Å². The molecule has 1 aromatic heterocycles. The zero-order chi connectivity index (χ0) is 11.3. The Morgan fingerprint density at radius 2 is 2.40 bits per heavy atom. The van der Waals surface area contributed by atoms with Gasteiger partial charge >= 0.3 is 5.97 Å². The molecule has 82 valence electrons. The molecule has 6 heteroatoms. The van der Waals surface area contributed by atoms with E-state index in [0.717, 1.165) is 0 Å². The molecule has 0 fully saturated rings. The molecule has 0 saturated carbocycles. The van der Waals surface area contributed by atoms with Crippen molar-refractivity contribution < 1.29 is 14.7 Å². The summed E-state index contributed by atoms with van der Waals surface area (Å²) in [6.07, 6.45) is 3.48. The summed E-state index contributed by atoms with van der Waals surface area (Å²) in [5, 5.41) is 11.3. The van der Waals surface area contributed by atoms with E-state index in [1.807, 2.05) is 0 Å². The maximum atomic E-state index is 11.1. The monoisotopic (exact) mass is 211 g/mol. The van der Waals surface area contributed by atoms with Crippen molar-refractivity contribution in [2.24, 2.45) is 0 Å². The van der Waals surface area contributed by atoms with E-state index in [1.54, 1.807) is 6.92 Å². The van der Waals surface area contributed by atoms with Crippen molar-refractivity contribution in [3.05, 3.63) is 18.2 Å². The summed E-state index contributed by atoms with van der Waals surface area (Å²) in [4.78, 5) is 28.4. The summed E-state index contributed by atoms with van der Waals surface area (Å²) in [5.74, 6) is -1.33. The number of carbonyl (C=O) groups is 2. The van der Waals surface area contributed by atoms with Gasteiger partial charge < -0.3 is 15.4 Å². The number of hydrogen-bond acceptors (Lipinski definition) is 3. The van der Waals surface area contributed by atoms with E-state index >= 15 is 0 Å². The minimum absolute atomic E-state index is 0.209. The number of H-pyrrole nitrogens is 1. The fourth-order valence-corrected chi connectivity index (χ4v) is 1.11. The van der Waals surface area contributed by atoms with Gasteiger partial charge in [0, 0.05) is 24.7 Å². The predicted molar refractivity (Wildman–Crippen MR) is 52.1 cm³/mol. The second kappa shape index (κ2) is 5.14. The summed E-state index contributed by atoms with van der Waals surface area (Å²) < 4.78 is 0. The van der Waals surface area contributed by atoms with E-state index in [4.69, 9.17) is 5.11 Å². The van der Waals surface area contributed by atoms with Crippen LogP contribution >= 0.6 is 0 Å². The lowest BCUT2D eigenvalue weighted by molar-refractivity contribution is -0.141. The number of amides is 1. The summed E-state index contributed by atoms with van der Waals surface area (Å²) in [7, 11) is 0. The topological polar surface area (TPSA) is 95.1 Å². The Labute approximate surface area is 86.7 Å².